The van der Waals surface area contributed by atoms with Crippen molar-refractivity contribution in [1.29, 1.82) is 0 Å². The second-order valence-corrected chi connectivity index (χ2v) is 2.53. The zero-order chi connectivity index (χ0) is 9.14. The second kappa shape index (κ2) is 3.36. The molecule has 12 heavy (non-hydrogen) atoms. The van der Waals surface area contributed by atoms with Crippen LogP contribution in [-0.2, 0) is 4.79 Å². The number of imidazole rings is 1. The summed E-state index contributed by atoms with van der Waals surface area (Å²) in [6.45, 7) is 1.73. The first kappa shape index (κ1) is 8.73. The summed E-state index contributed by atoms with van der Waals surface area (Å²) in [5.74, 6) is -1.04. The van der Waals surface area contributed by atoms with Gasteiger partial charge in [-0.25, -0.2) is 4.98 Å². The molecule has 0 radical (unpaired) electrons. The summed E-state index contributed by atoms with van der Waals surface area (Å²) in [7, 11) is 0. The van der Waals surface area contributed by atoms with Gasteiger partial charge in [-0.3, -0.25) is 4.79 Å². The highest BCUT2D eigenvalue weighted by Crippen LogP contribution is 2.16. The van der Waals surface area contributed by atoms with Crippen LogP contribution in [0.3, 0.4) is 0 Å². The molecule has 0 spiro atoms. The molecule has 0 fully saturated rings. The molecule has 1 atom stereocenters. The molecule has 0 aliphatic carbocycles. The lowest BCUT2D eigenvalue weighted by Gasteiger charge is -2.04. The predicted octanol–water partition coefficient (Wildman–Crippen LogP) is 0.226. The van der Waals surface area contributed by atoms with Gasteiger partial charge < -0.3 is 15.2 Å². The van der Waals surface area contributed by atoms with Crippen LogP contribution in [0.1, 0.15) is 23.9 Å². The van der Waals surface area contributed by atoms with Gasteiger partial charge in [0, 0.05) is 5.69 Å². The Morgan fingerprint density at radius 3 is 2.92 bits per heavy atom. The van der Waals surface area contributed by atoms with Gasteiger partial charge in [-0.15, -0.1) is 0 Å². The Balaban J connectivity index is 2.71. The fraction of sp³-hybridized carbons (Fsp3) is 0.429. The van der Waals surface area contributed by atoms with Crippen molar-refractivity contribution in [2.75, 3.05) is 0 Å². The van der Waals surface area contributed by atoms with Crippen molar-refractivity contribution in [2.24, 2.45) is 0 Å². The summed E-state index contributed by atoms with van der Waals surface area (Å²) in [6.07, 6.45) is 0.0929. The molecule has 1 aromatic heterocycles. The highest BCUT2D eigenvalue weighted by molar-refractivity contribution is 5.67. The SMILES string of the molecule is Cc1[nH]cnc1[C@H](O)CC(=O)O. The largest absolute Gasteiger partial charge is 0.481 e. The third-order valence-corrected chi connectivity index (χ3v) is 1.55. The van der Waals surface area contributed by atoms with Crippen molar-refractivity contribution < 1.29 is 15.0 Å². The highest BCUT2D eigenvalue weighted by Gasteiger charge is 2.15. The Labute approximate surface area is 69.1 Å². The number of aryl methyl sites for hydroxylation is 1. The van der Waals surface area contributed by atoms with E-state index >= 15 is 0 Å². The van der Waals surface area contributed by atoms with E-state index in [9.17, 15) is 9.90 Å². The summed E-state index contributed by atoms with van der Waals surface area (Å²) < 4.78 is 0. The van der Waals surface area contributed by atoms with Gasteiger partial charge in [-0.05, 0) is 6.92 Å². The summed E-state index contributed by atoms with van der Waals surface area (Å²) >= 11 is 0. The van der Waals surface area contributed by atoms with Gasteiger partial charge in [0.25, 0.3) is 0 Å². The van der Waals surface area contributed by atoms with Gasteiger partial charge in [0.1, 0.15) is 6.10 Å². The standard InChI is InChI=1S/C7H10N2O3/c1-4-7(9-3-8-4)5(10)2-6(11)12/h3,5,10H,2H2,1H3,(H,8,9)(H,11,12)/t5-/m1/s1. The molecule has 1 aromatic rings. The Morgan fingerprint density at radius 1 is 1.83 bits per heavy atom. The lowest BCUT2D eigenvalue weighted by atomic mass is 10.1. The molecular formula is C7H10N2O3. The summed E-state index contributed by atoms with van der Waals surface area (Å²) in [6, 6.07) is 0. The third-order valence-electron chi connectivity index (χ3n) is 1.55. The van der Waals surface area contributed by atoms with Gasteiger partial charge in [0.2, 0.25) is 0 Å². The van der Waals surface area contributed by atoms with Gasteiger partial charge >= 0.3 is 5.97 Å². The van der Waals surface area contributed by atoms with E-state index < -0.39 is 12.1 Å². The number of aliphatic hydroxyl groups excluding tert-OH is 1. The van der Waals surface area contributed by atoms with Crippen LogP contribution in [0.5, 0.6) is 0 Å². The van der Waals surface area contributed by atoms with Crippen LogP contribution in [0.25, 0.3) is 0 Å². The molecule has 0 unspecified atom stereocenters. The minimum atomic E-state index is -1.04. The molecule has 5 heteroatoms. The van der Waals surface area contributed by atoms with Crippen molar-refractivity contribution in [3.05, 3.63) is 17.7 Å². The smallest absolute Gasteiger partial charge is 0.306 e. The quantitative estimate of drug-likeness (QED) is 0.605. The van der Waals surface area contributed by atoms with E-state index in [4.69, 9.17) is 5.11 Å². The van der Waals surface area contributed by atoms with Crippen LogP contribution in [0.2, 0.25) is 0 Å². The van der Waals surface area contributed by atoms with Crippen LogP contribution >= 0.6 is 0 Å². The number of hydrogen-bond donors (Lipinski definition) is 3. The Morgan fingerprint density at radius 2 is 2.50 bits per heavy atom. The fourth-order valence-corrected chi connectivity index (χ4v) is 0.967. The molecule has 0 aliphatic rings. The van der Waals surface area contributed by atoms with E-state index in [1.165, 1.54) is 6.33 Å². The minimum Gasteiger partial charge on any atom is -0.481 e. The Hall–Kier alpha value is -1.36. The third kappa shape index (κ3) is 1.82. The molecule has 3 N–H and O–H groups in total. The van der Waals surface area contributed by atoms with E-state index in [1.54, 1.807) is 6.92 Å². The van der Waals surface area contributed by atoms with Gasteiger partial charge in [0.15, 0.2) is 0 Å². The lowest BCUT2D eigenvalue weighted by molar-refractivity contribution is -0.139. The first-order valence-corrected chi connectivity index (χ1v) is 3.51. The molecule has 1 heterocycles. The Kier molecular flexibility index (Phi) is 2.44. The molecule has 0 saturated heterocycles. The van der Waals surface area contributed by atoms with E-state index in [2.05, 4.69) is 9.97 Å². The van der Waals surface area contributed by atoms with Crippen LogP contribution in [0.15, 0.2) is 6.33 Å². The molecule has 0 saturated carbocycles. The van der Waals surface area contributed by atoms with Crippen LogP contribution in [0, 0.1) is 6.92 Å². The number of aromatic amines is 1. The second-order valence-electron chi connectivity index (χ2n) is 2.53. The van der Waals surface area contributed by atoms with E-state index in [0.717, 1.165) is 0 Å². The number of aliphatic carboxylic acids is 1. The van der Waals surface area contributed by atoms with E-state index in [1.807, 2.05) is 0 Å². The maximum Gasteiger partial charge on any atom is 0.306 e. The Bertz CT molecular complexity index is 282. The van der Waals surface area contributed by atoms with Crippen molar-refractivity contribution in [1.82, 2.24) is 9.97 Å². The summed E-state index contributed by atoms with van der Waals surface area (Å²) in [5, 5.41) is 17.7. The number of carboxylic acid groups (broad SMARTS) is 1. The number of hydrogen-bond acceptors (Lipinski definition) is 3. The molecule has 66 valence electrons. The van der Waals surface area contributed by atoms with Gasteiger partial charge in [-0.2, -0.15) is 0 Å². The van der Waals surface area contributed by atoms with Crippen molar-refractivity contribution in [3.8, 4) is 0 Å². The first-order valence-electron chi connectivity index (χ1n) is 3.51. The normalized spacial score (nSPS) is 12.8. The van der Waals surface area contributed by atoms with E-state index in [0.29, 0.717) is 11.4 Å². The van der Waals surface area contributed by atoms with Crippen LogP contribution in [-0.4, -0.2) is 26.2 Å². The topological polar surface area (TPSA) is 86.2 Å². The molecule has 0 aromatic carbocycles. The summed E-state index contributed by atoms with van der Waals surface area (Å²) in [5.41, 5.74) is 1.10. The number of rotatable bonds is 3. The lowest BCUT2D eigenvalue weighted by Crippen LogP contribution is -2.06. The van der Waals surface area contributed by atoms with Gasteiger partial charge in [0.05, 0.1) is 18.4 Å². The molecule has 5 nitrogen and oxygen atoms in total. The average molecular weight is 170 g/mol. The summed E-state index contributed by atoms with van der Waals surface area (Å²) in [4.78, 5) is 16.8. The number of aliphatic hydroxyl groups is 1. The van der Waals surface area contributed by atoms with Crippen LogP contribution in [0.4, 0.5) is 0 Å². The molecule has 1 rings (SSSR count). The highest BCUT2D eigenvalue weighted by atomic mass is 16.4. The fourth-order valence-electron chi connectivity index (χ4n) is 0.967. The maximum absolute atomic E-state index is 10.2. The van der Waals surface area contributed by atoms with Crippen LogP contribution < -0.4 is 0 Å². The van der Waals surface area contributed by atoms with Crippen molar-refractivity contribution >= 4 is 5.97 Å². The number of aromatic nitrogens is 2. The molecule has 0 amide bonds. The number of carbonyl (C=O) groups is 1. The average Bonchev–Trinajstić information content (AvgIpc) is 2.33. The van der Waals surface area contributed by atoms with Crippen molar-refractivity contribution in [3.63, 3.8) is 0 Å². The zero-order valence-corrected chi connectivity index (χ0v) is 6.61. The number of nitrogens with one attached hydrogen (secondary N) is 1. The van der Waals surface area contributed by atoms with Gasteiger partial charge in [-0.1, -0.05) is 0 Å². The van der Waals surface area contributed by atoms with E-state index in [-0.39, 0.29) is 6.42 Å². The molecule has 0 aliphatic heterocycles. The zero-order valence-electron chi connectivity index (χ0n) is 6.61. The maximum atomic E-state index is 10.2. The number of nitrogens with zero attached hydrogens (tertiary/aromatic N) is 1. The van der Waals surface area contributed by atoms with Crippen molar-refractivity contribution in [2.45, 2.75) is 19.4 Å². The number of H-pyrrole nitrogens is 1. The monoisotopic (exact) mass is 170 g/mol. The number of carboxylic acids is 1. The minimum absolute atomic E-state index is 0.314. The first-order chi connectivity index (χ1) is 5.61. The predicted molar refractivity (Wildman–Crippen MR) is 40.5 cm³/mol. The molecule has 0 bridgehead atoms. The molecular weight excluding hydrogens is 160 g/mol.